The van der Waals surface area contributed by atoms with Crippen molar-refractivity contribution in [2.45, 2.75) is 50.3 Å². The van der Waals surface area contributed by atoms with E-state index in [1.807, 2.05) is 6.07 Å². The zero-order valence-electron chi connectivity index (χ0n) is 14.4. The summed E-state index contributed by atoms with van der Waals surface area (Å²) in [6, 6.07) is 10.7. The topological polar surface area (TPSA) is 34.1 Å². The molecule has 130 valence electrons. The van der Waals surface area contributed by atoms with Gasteiger partial charge in [-0.2, -0.15) is 5.10 Å². The minimum Gasteiger partial charge on any atom is -0.493 e. The SMILES string of the molecule is COc1cccc2c1OC1(CCCCC1)N1N=C(c3cccs3)CC21. The monoisotopic (exact) mass is 354 g/mol. The molecule has 2 aliphatic heterocycles. The Morgan fingerprint density at radius 1 is 1.20 bits per heavy atom. The average molecular weight is 354 g/mol. The molecule has 0 radical (unpaired) electrons. The van der Waals surface area contributed by atoms with Crippen LogP contribution in [-0.2, 0) is 0 Å². The summed E-state index contributed by atoms with van der Waals surface area (Å²) >= 11 is 1.77. The maximum Gasteiger partial charge on any atom is 0.198 e. The van der Waals surface area contributed by atoms with Gasteiger partial charge in [-0.15, -0.1) is 11.3 Å². The Hall–Kier alpha value is -2.01. The van der Waals surface area contributed by atoms with E-state index in [2.05, 4.69) is 34.7 Å². The summed E-state index contributed by atoms with van der Waals surface area (Å²) in [5, 5.41) is 9.48. The summed E-state index contributed by atoms with van der Waals surface area (Å²) in [6.07, 6.45) is 6.66. The maximum absolute atomic E-state index is 6.66. The van der Waals surface area contributed by atoms with Crippen LogP contribution >= 0.6 is 11.3 Å². The molecule has 4 nitrogen and oxygen atoms in total. The number of ether oxygens (including phenoxy) is 2. The van der Waals surface area contributed by atoms with Gasteiger partial charge in [-0.05, 0) is 30.4 Å². The molecule has 1 aromatic heterocycles. The van der Waals surface area contributed by atoms with Crippen LogP contribution in [0.3, 0.4) is 0 Å². The number of fused-ring (bicyclic) bond motifs is 4. The highest BCUT2D eigenvalue weighted by atomic mass is 32.1. The minimum atomic E-state index is -0.316. The van der Waals surface area contributed by atoms with Crippen molar-refractivity contribution in [2.24, 2.45) is 5.10 Å². The summed E-state index contributed by atoms with van der Waals surface area (Å²) < 4.78 is 12.3. The smallest absolute Gasteiger partial charge is 0.198 e. The number of hydrazone groups is 1. The van der Waals surface area contributed by atoms with Gasteiger partial charge in [-0.25, -0.2) is 5.01 Å². The van der Waals surface area contributed by atoms with E-state index in [1.165, 1.54) is 35.4 Å². The third-order valence-electron chi connectivity index (χ3n) is 5.65. The van der Waals surface area contributed by atoms with Gasteiger partial charge in [0.1, 0.15) is 0 Å². The Morgan fingerprint density at radius 3 is 2.84 bits per heavy atom. The van der Waals surface area contributed by atoms with Crippen LogP contribution in [-0.4, -0.2) is 23.6 Å². The van der Waals surface area contributed by atoms with Gasteiger partial charge in [-0.1, -0.05) is 24.6 Å². The Balaban J connectivity index is 1.63. The number of thiophene rings is 1. The highest BCUT2D eigenvalue weighted by Crippen LogP contribution is 2.53. The molecule has 5 heteroatoms. The largest absolute Gasteiger partial charge is 0.493 e. The van der Waals surface area contributed by atoms with Crippen LogP contribution in [0.2, 0.25) is 0 Å². The standard InChI is InChI=1S/C20H22N2O2S/c1-23-17-8-5-7-14-16-13-15(18-9-6-12-25-18)21-22(16)20(24-19(14)17)10-3-2-4-11-20/h5-9,12,16H,2-4,10-11,13H2,1H3. The second-order valence-electron chi connectivity index (χ2n) is 7.08. The number of para-hydroxylation sites is 1. The second-order valence-corrected chi connectivity index (χ2v) is 8.02. The summed E-state index contributed by atoms with van der Waals surface area (Å²) in [7, 11) is 1.72. The molecular weight excluding hydrogens is 332 g/mol. The first-order valence-electron chi connectivity index (χ1n) is 9.07. The van der Waals surface area contributed by atoms with Crippen molar-refractivity contribution in [2.75, 3.05) is 7.11 Å². The fraction of sp³-hybridized carbons (Fsp3) is 0.450. The van der Waals surface area contributed by atoms with Crippen molar-refractivity contribution in [1.29, 1.82) is 0 Å². The molecule has 0 N–H and O–H groups in total. The number of hydrogen-bond donors (Lipinski definition) is 0. The molecular formula is C20H22N2O2S. The Kier molecular flexibility index (Phi) is 3.52. The summed E-state index contributed by atoms with van der Waals surface area (Å²) in [4.78, 5) is 1.27. The normalized spacial score (nSPS) is 23.6. The molecule has 3 aliphatic rings. The predicted octanol–water partition coefficient (Wildman–Crippen LogP) is 4.96. The van der Waals surface area contributed by atoms with Gasteiger partial charge in [0.25, 0.3) is 0 Å². The van der Waals surface area contributed by atoms with Crippen molar-refractivity contribution in [3.05, 3.63) is 46.2 Å². The van der Waals surface area contributed by atoms with Crippen LogP contribution in [0.1, 0.15) is 55.0 Å². The Labute approximate surface area is 152 Å². The molecule has 1 unspecified atom stereocenters. The molecule has 0 saturated heterocycles. The maximum atomic E-state index is 6.66. The molecule has 1 fully saturated rings. The lowest BCUT2D eigenvalue weighted by Gasteiger charge is -2.49. The number of nitrogens with zero attached hydrogens (tertiary/aromatic N) is 2. The molecule has 1 aliphatic carbocycles. The molecule has 1 atom stereocenters. The first-order chi connectivity index (χ1) is 12.3. The second kappa shape index (κ2) is 5.77. The molecule has 25 heavy (non-hydrogen) atoms. The van der Waals surface area contributed by atoms with Crippen LogP contribution in [0, 0.1) is 0 Å². The molecule has 0 amide bonds. The van der Waals surface area contributed by atoms with Crippen LogP contribution < -0.4 is 9.47 Å². The van der Waals surface area contributed by atoms with E-state index < -0.39 is 0 Å². The third kappa shape index (κ3) is 2.29. The Bertz CT molecular complexity index is 809. The van der Waals surface area contributed by atoms with E-state index >= 15 is 0 Å². The van der Waals surface area contributed by atoms with Crippen LogP contribution in [0.25, 0.3) is 0 Å². The number of benzene rings is 1. The van der Waals surface area contributed by atoms with Crippen molar-refractivity contribution in [1.82, 2.24) is 5.01 Å². The molecule has 1 aromatic carbocycles. The van der Waals surface area contributed by atoms with Gasteiger partial charge in [0.15, 0.2) is 17.2 Å². The van der Waals surface area contributed by atoms with Gasteiger partial charge in [0.05, 0.1) is 23.7 Å². The number of rotatable bonds is 2. The van der Waals surface area contributed by atoms with Crippen LogP contribution in [0.5, 0.6) is 11.5 Å². The van der Waals surface area contributed by atoms with Crippen molar-refractivity contribution in [3.63, 3.8) is 0 Å². The average Bonchev–Trinajstić information content (AvgIpc) is 3.32. The minimum absolute atomic E-state index is 0.244. The molecule has 1 spiro atoms. The van der Waals surface area contributed by atoms with E-state index in [0.29, 0.717) is 0 Å². The van der Waals surface area contributed by atoms with Gasteiger partial charge in [0, 0.05) is 24.8 Å². The first kappa shape index (κ1) is 15.3. The van der Waals surface area contributed by atoms with E-state index in [-0.39, 0.29) is 11.8 Å². The van der Waals surface area contributed by atoms with Gasteiger partial charge >= 0.3 is 0 Å². The van der Waals surface area contributed by atoms with E-state index in [4.69, 9.17) is 14.6 Å². The summed E-state index contributed by atoms with van der Waals surface area (Å²) in [5.41, 5.74) is 2.07. The van der Waals surface area contributed by atoms with Gasteiger partial charge in [0.2, 0.25) is 0 Å². The zero-order valence-corrected chi connectivity index (χ0v) is 15.2. The van der Waals surface area contributed by atoms with Crippen molar-refractivity contribution < 1.29 is 9.47 Å². The molecule has 0 bridgehead atoms. The van der Waals surface area contributed by atoms with Crippen LogP contribution in [0.15, 0.2) is 40.8 Å². The summed E-state index contributed by atoms with van der Waals surface area (Å²) in [5.74, 6) is 1.77. The fourth-order valence-corrected chi connectivity index (χ4v) is 5.18. The number of hydrogen-bond acceptors (Lipinski definition) is 5. The molecule has 3 heterocycles. The van der Waals surface area contributed by atoms with Gasteiger partial charge < -0.3 is 9.47 Å². The highest BCUT2D eigenvalue weighted by Gasteiger charge is 2.51. The fourth-order valence-electron chi connectivity index (χ4n) is 4.46. The van der Waals surface area contributed by atoms with E-state index in [1.54, 1.807) is 18.4 Å². The van der Waals surface area contributed by atoms with E-state index in [9.17, 15) is 0 Å². The molecule has 5 rings (SSSR count). The highest BCUT2D eigenvalue weighted by molar-refractivity contribution is 7.12. The Morgan fingerprint density at radius 2 is 2.08 bits per heavy atom. The summed E-state index contributed by atoms with van der Waals surface area (Å²) in [6.45, 7) is 0. The lowest BCUT2D eigenvalue weighted by atomic mass is 9.87. The number of methoxy groups -OCH3 is 1. The quantitative estimate of drug-likeness (QED) is 0.764. The van der Waals surface area contributed by atoms with E-state index in [0.717, 1.165) is 30.8 Å². The zero-order chi connectivity index (χ0) is 16.9. The van der Waals surface area contributed by atoms with Crippen molar-refractivity contribution >= 4 is 17.0 Å². The first-order valence-corrected chi connectivity index (χ1v) is 9.95. The third-order valence-corrected chi connectivity index (χ3v) is 6.57. The van der Waals surface area contributed by atoms with Crippen LogP contribution in [0.4, 0.5) is 0 Å². The lowest BCUT2D eigenvalue weighted by Crippen LogP contribution is -2.54. The predicted molar refractivity (Wildman–Crippen MR) is 99.5 cm³/mol. The van der Waals surface area contributed by atoms with Gasteiger partial charge in [-0.3, -0.25) is 0 Å². The molecule has 2 aromatic rings. The lowest BCUT2D eigenvalue weighted by molar-refractivity contribution is -0.141. The van der Waals surface area contributed by atoms with Crippen molar-refractivity contribution in [3.8, 4) is 11.5 Å². The molecule has 1 saturated carbocycles.